The molecule has 1 saturated carbocycles. The number of nitrogens with two attached hydrogens (primary N) is 1. The van der Waals surface area contributed by atoms with Crippen molar-refractivity contribution in [3.8, 4) is 0 Å². The quantitative estimate of drug-likeness (QED) is 0.834. The maximum absolute atomic E-state index is 12.0. The van der Waals surface area contributed by atoms with Gasteiger partial charge in [-0.2, -0.15) is 0 Å². The third kappa shape index (κ3) is 2.45. The van der Waals surface area contributed by atoms with Gasteiger partial charge in [-0.3, -0.25) is 4.90 Å². The Morgan fingerprint density at radius 2 is 1.89 bits per heavy atom. The summed E-state index contributed by atoms with van der Waals surface area (Å²) in [6.45, 7) is 4.75. The molecule has 0 aromatic carbocycles. The Morgan fingerprint density at radius 3 is 2.39 bits per heavy atom. The molecule has 4 nitrogen and oxygen atoms in total. The maximum Gasteiger partial charge on any atom is 0.152 e. The lowest BCUT2D eigenvalue weighted by atomic mass is 9.89. The highest BCUT2D eigenvalue weighted by molar-refractivity contribution is 7.91. The first-order chi connectivity index (χ1) is 8.40. The molecule has 18 heavy (non-hydrogen) atoms. The highest BCUT2D eigenvalue weighted by atomic mass is 32.2. The van der Waals surface area contributed by atoms with Crippen molar-refractivity contribution < 1.29 is 8.42 Å². The smallest absolute Gasteiger partial charge is 0.152 e. The first-order valence-electron chi connectivity index (χ1n) is 7.04. The molecule has 2 rings (SSSR count). The van der Waals surface area contributed by atoms with Gasteiger partial charge in [0.1, 0.15) is 0 Å². The summed E-state index contributed by atoms with van der Waals surface area (Å²) in [6, 6.07) is 0. The van der Waals surface area contributed by atoms with Gasteiger partial charge in [-0.25, -0.2) is 8.42 Å². The van der Waals surface area contributed by atoms with Crippen LogP contribution in [-0.4, -0.2) is 50.0 Å². The molecule has 1 aliphatic carbocycles. The second kappa shape index (κ2) is 5.10. The van der Waals surface area contributed by atoms with Crippen molar-refractivity contribution in [1.82, 2.24) is 4.90 Å². The molecule has 0 aromatic rings. The zero-order valence-corrected chi connectivity index (χ0v) is 12.4. The molecule has 0 amide bonds. The summed E-state index contributed by atoms with van der Waals surface area (Å²) in [5.74, 6) is 0.758. The van der Waals surface area contributed by atoms with E-state index in [-0.39, 0.29) is 10.8 Å². The van der Waals surface area contributed by atoms with E-state index in [9.17, 15) is 8.42 Å². The molecule has 2 aliphatic rings. The molecule has 2 N–H and O–H groups in total. The van der Waals surface area contributed by atoms with Crippen LogP contribution in [0.2, 0.25) is 0 Å². The number of piperidine rings is 1. The van der Waals surface area contributed by atoms with Gasteiger partial charge in [0.05, 0.1) is 5.25 Å². The Labute approximate surface area is 111 Å². The van der Waals surface area contributed by atoms with E-state index >= 15 is 0 Å². The van der Waals surface area contributed by atoms with Gasteiger partial charge in [0.15, 0.2) is 9.84 Å². The third-order valence-corrected chi connectivity index (χ3v) is 6.67. The fourth-order valence-corrected chi connectivity index (χ4v) is 5.57. The van der Waals surface area contributed by atoms with Crippen LogP contribution in [0.25, 0.3) is 0 Å². The normalized spacial score (nSPS) is 36.1. The lowest BCUT2D eigenvalue weighted by Gasteiger charge is -2.47. The van der Waals surface area contributed by atoms with Gasteiger partial charge in [0.2, 0.25) is 0 Å². The zero-order chi connectivity index (χ0) is 13.4. The van der Waals surface area contributed by atoms with Crippen LogP contribution in [0.15, 0.2) is 0 Å². The van der Waals surface area contributed by atoms with Crippen LogP contribution in [0.3, 0.4) is 0 Å². The molecule has 2 fully saturated rings. The second-order valence-electron chi connectivity index (χ2n) is 6.19. The number of rotatable bonds is 3. The fraction of sp³-hybridized carbons (Fsp3) is 1.00. The van der Waals surface area contributed by atoms with Crippen molar-refractivity contribution in [2.45, 2.75) is 49.8 Å². The Balaban J connectivity index is 2.24. The zero-order valence-electron chi connectivity index (χ0n) is 11.6. The molecule has 1 aliphatic heterocycles. The van der Waals surface area contributed by atoms with E-state index in [1.165, 1.54) is 6.26 Å². The first kappa shape index (κ1) is 14.3. The molecule has 0 aromatic heterocycles. The standard InChI is InChI=1S/C13H26N2O2S/c1-11-5-8-15(9-6-11)13(10-14)7-3-4-12(13)18(2,16)17/h11-12H,3-10,14H2,1-2H3. The highest BCUT2D eigenvalue weighted by Gasteiger charge is 2.51. The number of nitrogens with zero attached hydrogens (tertiary/aromatic N) is 1. The SMILES string of the molecule is CC1CCN(C2(CN)CCCC2S(C)(=O)=O)CC1. The van der Waals surface area contributed by atoms with Crippen molar-refractivity contribution in [2.75, 3.05) is 25.9 Å². The van der Waals surface area contributed by atoms with Crippen molar-refractivity contribution in [3.63, 3.8) is 0 Å². The van der Waals surface area contributed by atoms with Crippen LogP contribution < -0.4 is 5.73 Å². The molecule has 0 spiro atoms. The molecule has 5 heteroatoms. The number of sulfone groups is 1. The monoisotopic (exact) mass is 274 g/mol. The Hall–Kier alpha value is -0.130. The van der Waals surface area contributed by atoms with Crippen LogP contribution in [0.5, 0.6) is 0 Å². The van der Waals surface area contributed by atoms with Crippen LogP contribution >= 0.6 is 0 Å². The van der Waals surface area contributed by atoms with E-state index in [0.717, 1.165) is 51.1 Å². The minimum absolute atomic E-state index is 0.261. The average Bonchev–Trinajstić information content (AvgIpc) is 2.74. The summed E-state index contributed by atoms with van der Waals surface area (Å²) in [4.78, 5) is 2.38. The summed E-state index contributed by atoms with van der Waals surface area (Å²) in [6.07, 6.45) is 6.41. The van der Waals surface area contributed by atoms with Crippen molar-refractivity contribution in [1.29, 1.82) is 0 Å². The van der Waals surface area contributed by atoms with E-state index in [4.69, 9.17) is 5.73 Å². The molecular weight excluding hydrogens is 248 g/mol. The topological polar surface area (TPSA) is 63.4 Å². The van der Waals surface area contributed by atoms with Gasteiger partial charge in [-0.15, -0.1) is 0 Å². The molecular formula is C13H26N2O2S. The Bertz CT molecular complexity index is 388. The Kier molecular flexibility index (Phi) is 4.04. The Morgan fingerprint density at radius 1 is 1.28 bits per heavy atom. The lowest BCUT2D eigenvalue weighted by Crippen LogP contribution is -2.62. The molecule has 1 saturated heterocycles. The molecule has 0 bridgehead atoms. The van der Waals surface area contributed by atoms with Gasteiger partial charge in [0.25, 0.3) is 0 Å². The molecule has 2 atom stereocenters. The van der Waals surface area contributed by atoms with Crippen LogP contribution in [0.4, 0.5) is 0 Å². The predicted octanol–water partition coefficient (Wildman–Crippen LogP) is 1.01. The second-order valence-corrected chi connectivity index (χ2v) is 8.42. The van der Waals surface area contributed by atoms with Crippen molar-refractivity contribution >= 4 is 9.84 Å². The molecule has 1 heterocycles. The van der Waals surface area contributed by atoms with E-state index in [0.29, 0.717) is 6.54 Å². The van der Waals surface area contributed by atoms with Gasteiger partial charge >= 0.3 is 0 Å². The van der Waals surface area contributed by atoms with Crippen LogP contribution in [-0.2, 0) is 9.84 Å². The minimum Gasteiger partial charge on any atom is -0.329 e. The van der Waals surface area contributed by atoms with E-state index in [1.807, 2.05) is 0 Å². The van der Waals surface area contributed by atoms with Crippen molar-refractivity contribution in [3.05, 3.63) is 0 Å². The van der Waals surface area contributed by atoms with Crippen LogP contribution in [0.1, 0.15) is 39.0 Å². The number of hydrogen-bond donors (Lipinski definition) is 1. The van der Waals surface area contributed by atoms with E-state index in [2.05, 4.69) is 11.8 Å². The fourth-order valence-electron chi connectivity index (χ4n) is 3.81. The summed E-state index contributed by atoms with van der Waals surface area (Å²) in [7, 11) is -3.01. The summed E-state index contributed by atoms with van der Waals surface area (Å²) in [5, 5.41) is -0.261. The summed E-state index contributed by atoms with van der Waals surface area (Å²) >= 11 is 0. The summed E-state index contributed by atoms with van der Waals surface area (Å²) in [5.41, 5.74) is 5.73. The number of likely N-dealkylation sites (tertiary alicyclic amines) is 1. The largest absolute Gasteiger partial charge is 0.329 e. The lowest BCUT2D eigenvalue weighted by molar-refractivity contribution is 0.0643. The van der Waals surface area contributed by atoms with Crippen LogP contribution in [0, 0.1) is 5.92 Å². The highest BCUT2D eigenvalue weighted by Crippen LogP contribution is 2.40. The maximum atomic E-state index is 12.0. The number of hydrogen-bond acceptors (Lipinski definition) is 4. The van der Waals surface area contributed by atoms with E-state index in [1.54, 1.807) is 0 Å². The third-order valence-electron chi connectivity index (χ3n) is 4.96. The molecule has 2 unspecified atom stereocenters. The van der Waals surface area contributed by atoms with Gasteiger partial charge in [-0.05, 0) is 44.7 Å². The summed E-state index contributed by atoms with van der Waals surface area (Å²) < 4.78 is 24.1. The first-order valence-corrected chi connectivity index (χ1v) is 8.99. The average molecular weight is 274 g/mol. The van der Waals surface area contributed by atoms with Crippen molar-refractivity contribution in [2.24, 2.45) is 11.7 Å². The predicted molar refractivity (Wildman–Crippen MR) is 74.2 cm³/mol. The van der Waals surface area contributed by atoms with Gasteiger partial charge in [0, 0.05) is 18.3 Å². The van der Waals surface area contributed by atoms with Gasteiger partial charge < -0.3 is 5.73 Å². The van der Waals surface area contributed by atoms with Gasteiger partial charge in [-0.1, -0.05) is 13.3 Å². The molecule has 106 valence electrons. The minimum atomic E-state index is -3.01. The van der Waals surface area contributed by atoms with E-state index < -0.39 is 9.84 Å². The molecule has 0 radical (unpaired) electrons.